The Kier molecular flexibility index (Phi) is 5.15. The molecule has 1 aromatic rings. The molecule has 6 heteroatoms. The molecule has 0 spiro atoms. The fraction of sp³-hybridized carbons (Fsp3) is 0.500. The van der Waals surface area contributed by atoms with Crippen LogP contribution < -0.4 is 10.6 Å². The van der Waals surface area contributed by atoms with Crippen molar-refractivity contribution in [3.63, 3.8) is 0 Å². The highest BCUT2D eigenvalue weighted by atomic mass is 32.1. The number of hydrogen-bond donors (Lipinski definition) is 3. The maximum absolute atomic E-state index is 11.6. The van der Waals surface area contributed by atoms with E-state index in [1.807, 2.05) is 17.5 Å². The van der Waals surface area contributed by atoms with Crippen molar-refractivity contribution >= 4 is 23.3 Å². The Morgan fingerprint density at radius 1 is 1.50 bits per heavy atom. The molecule has 1 heterocycles. The molecule has 18 heavy (non-hydrogen) atoms. The van der Waals surface area contributed by atoms with E-state index < -0.39 is 17.5 Å². The van der Waals surface area contributed by atoms with Crippen LogP contribution in [0.25, 0.3) is 0 Å². The fourth-order valence-electron chi connectivity index (χ4n) is 1.34. The second kappa shape index (κ2) is 6.39. The lowest BCUT2D eigenvalue weighted by atomic mass is 10.00. The molecule has 0 saturated carbocycles. The number of carboxylic acids is 1. The van der Waals surface area contributed by atoms with Crippen molar-refractivity contribution < 1.29 is 14.7 Å². The number of aliphatic carboxylic acids is 1. The quantitative estimate of drug-likeness (QED) is 0.738. The number of thiophene rings is 1. The third-order valence-electron chi connectivity index (χ3n) is 2.81. The second-order valence-electron chi connectivity index (χ2n) is 4.20. The normalized spacial score (nSPS) is 13.7. The van der Waals surface area contributed by atoms with Crippen LogP contribution in [-0.4, -0.2) is 29.2 Å². The average Bonchev–Trinajstić information content (AvgIpc) is 2.81. The van der Waals surface area contributed by atoms with Gasteiger partial charge in [-0.05, 0) is 31.2 Å². The van der Waals surface area contributed by atoms with Gasteiger partial charge >= 0.3 is 12.0 Å². The van der Waals surface area contributed by atoms with Crippen LogP contribution in [0.4, 0.5) is 4.79 Å². The minimum atomic E-state index is -1.22. The van der Waals surface area contributed by atoms with Gasteiger partial charge in [-0.1, -0.05) is 13.0 Å². The zero-order chi connectivity index (χ0) is 13.6. The molecule has 0 aliphatic rings. The molecule has 1 atom stereocenters. The molecule has 100 valence electrons. The molecule has 1 unspecified atom stereocenters. The van der Waals surface area contributed by atoms with E-state index in [1.165, 1.54) is 11.8 Å². The summed E-state index contributed by atoms with van der Waals surface area (Å²) in [7, 11) is 0. The van der Waals surface area contributed by atoms with E-state index in [2.05, 4.69) is 10.6 Å². The van der Waals surface area contributed by atoms with E-state index in [0.29, 0.717) is 13.0 Å². The predicted molar refractivity (Wildman–Crippen MR) is 70.9 cm³/mol. The third-order valence-corrected chi connectivity index (χ3v) is 3.74. The molecule has 0 aliphatic carbocycles. The first kappa shape index (κ1) is 14.5. The van der Waals surface area contributed by atoms with Crippen LogP contribution >= 0.6 is 11.3 Å². The SMILES string of the molecule is CCC(C)(NC(=O)NCCc1cccs1)C(=O)O. The Morgan fingerprint density at radius 3 is 2.72 bits per heavy atom. The average molecular weight is 270 g/mol. The maximum Gasteiger partial charge on any atom is 0.329 e. The van der Waals surface area contributed by atoms with Gasteiger partial charge in [-0.2, -0.15) is 0 Å². The molecule has 2 amide bonds. The molecule has 0 aliphatic heterocycles. The summed E-state index contributed by atoms with van der Waals surface area (Å²) in [5.74, 6) is -1.03. The Bertz CT molecular complexity index is 405. The van der Waals surface area contributed by atoms with Gasteiger partial charge in [0, 0.05) is 11.4 Å². The van der Waals surface area contributed by atoms with Gasteiger partial charge in [0.1, 0.15) is 5.54 Å². The lowest BCUT2D eigenvalue weighted by molar-refractivity contribution is -0.143. The van der Waals surface area contributed by atoms with Gasteiger partial charge < -0.3 is 15.7 Å². The topological polar surface area (TPSA) is 78.4 Å². The van der Waals surface area contributed by atoms with Crippen LogP contribution in [0.2, 0.25) is 0 Å². The van der Waals surface area contributed by atoms with Gasteiger partial charge in [0.25, 0.3) is 0 Å². The number of carbonyl (C=O) groups excluding carboxylic acids is 1. The molecule has 1 rings (SSSR count). The van der Waals surface area contributed by atoms with Crippen LogP contribution in [0, 0.1) is 0 Å². The number of hydrogen-bond acceptors (Lipinski definition) is 3. The highest BCUT2D eigenvalue weighted by Crippen LogP contribution is 2.09. The van der Waals surface area contributed by atoms with E-state index in [-0.39, 0.29) is 0 Å². The van der Waals surface area contributed by atoms with Crippen molar-refractivity contribution in [2.24, 2.45) is 0 Å². The largest absolute Gasteiger partial charge is 0.480 e. The summed E-state index contributed by atoms with van der Waals surface area (Å²) < 4.78 is 0. The van der Waals surface area contributed by atoms with Crippen molar-refractivity contribution in [3.8, 4) is 0 Å². The van der Waals surface area contributed by atoms with Crippen LogP contribution in [0.1, 0.15) is 25.1 Å². The molecule has 3 N–H and O–H groups in total. The summed E-state index contributed by atoms with van der Waals surface area (Å²) >= 11 is 1.63. The van der Waals surface area contributed by atoms with E-state index >= 15 is 0 Å². The summed E-state index contributed by atoms with van der Waals surface area (Å²) in [6, 6.07) is 3.51. The van der Waals surface area contributed by atoms with Crippen LogP contribution in [0.3, 0.4) is 0 Å². The summed E-state index contributed by atoms with van der Waals surface area (Å²) in [5, 5.41) is 16.1. The monoisotopic (exact) mass is 270 g/mol. The number of rotatable bonds is 6. The predicted octanol–water partition coefficient (Wildman–Crippen LogP) is 1.84. The van der Waals surface area contributed by atoms with Crippen LogP contribution in [0.5, 0.6) is 0 Å². The molecule has 0 bridgehead atoms. The number of carbonyl (C=O) groups is 2. The first-order valence-corrected chi connectivity index (χ1v) is 6.67. The number of carboxylic acid groups (broad SMARTS) is 1. The Morgan fingerprint density at radius 2 is 2.22 bits per heavy atom. The van der Waals surface area contributed by atoms with E-state index in [0.717, 1.165) is 6.42 Å². The first-order chi connectivity index (χ1) is 8.48. The van der Waals surface area contributed by atoms with Crippen LogP contribution in [0.15, 0.2) is 17.5 Å². The highest BCUT2D eigenvalue weighted by molar-refractivity contribution is 7.09. The Balaban J connectivity index is 2.35. The summed E-state index contributed by atoms with van der Waals surface area (Å²) in [4.78, 5) is 23.8. The van der Waals surface area contributed by atoms with Gasteiger partial charge in [0.15, 0.2) is 0 Å². The van der Waals surface area contributed by atoms with E-state index in [1.54, 1.807) is 18.3 Å². The molecule has 0 radical (unpaired) electrons. The van der Waals surface area contributed by atoms with Gasteiger partial charge in [0.05, 0.1) is 0 Å². The van der Waals surface area contributed by atoms with Crippen molar-refractivity contribution in [1.82, 2.24) is 10.6 Å². The maximum atomic E-state index is 11.6. The number of nitrogens with one attached hydrogen (secondary N) is 2. The third kappa shape index (κ3) is 4.03. The van der Waals surface area contributed by atoms with Gasteiger partial charge in [-0.3, -0.25) is 0 Å². The molecular formula is C12H18N2O3S. The number of amides is 2. The fourth-order valence-corrected chi connectivity index (χ4v) is 2.05. The summed E-state index contributed by atoms with van der Waals surface area (Å²) in [5.41, 5.74) is -1.22. The first-order valence-electron chi connectivity index (χ1n) is 5.79. The summed E-state index contributed by atoms with van der Waals surface area (Å²) in [6.07, 6.45) is 1.08. The zero-order valence-electron chi connectivity index (χ0n) is 10.5. The van der Waals surface area contributed by atoms with Crippen molar-refractivity contribution in [3.05, 3.63) is 22.4 Å². The molecule has 5 nitrogen and oxygen atoms in total. The lowest BCUT2D eigenvalue weighted by Gasteiger charge is -2.24. The Hall–Kier alpha value is -1.56. The van der Waals surface area contributed by atoms with E-state index in [9.17, 15) is 9.59 Å². The molecular weight excluding hydrogens is 252 g/mol. The summed E-state index contributed by atoms with van der Waals surface area (Å²) in [6.45, 7) is 3.71. The number of urea groups is 1. The highest BCUT2D eigenvalue weighted by Gasteiger charge is 2.32. The molecule has 1 aromatic heterocycles. The van der Waals surface area contributed by atoms with E-state index in [4.69, 9.17) is 5.11 Å². The van der Waals surface area contributed by atoms with Gasteiger partial charge in [0.2, 0.25) is 0 Å². The zero-order valence-corrected chi connectivity index (χ0v) is 11.3. The van der Waals surface area contributed by atoms with Crippen molar-refractivity contribution in [2.45, 2.75) is 32.2 Å². The molecule has 0 fully saturated rings. The standard InChI is InChI=1S/C12H18N2O3S/c1-3-12(2,10(15)16)14-11(17)13-7-6-9-5-4-8-18-9/h4-5,8H,3,6-7H2,1-2H3,(H,15,16)(H2,13,14,17). The minimum Gasteiger partial charge on any atom is -0.480 e. The van der Waals surface area contributed by atoms with Crippen molar-refractivity contribution in [2.75, 3.05) is 6.54 Å². The van der Waals surface area contributed by atoms with Crippen molar-refractivity contribution in [1.29, 1.82) is 0 Å². The molecule has 0 saturated heterocycles. The lowest BCUT2D eigenvalue weighted by Crippen LogP contribution is -2.55. The smallest absolute Gasteiger partial charge is 0.329 e. The second-order valence-corrected chi connectivity index (χ2v) is 5.23. The minimum absolute atomic E-state index is 0.334. The molecule has 0 aromatic carbocycles. The van der Waals surface area contributed by atoms with Crippen LogP contribution in [-0.2, 0) is 11.2 Å². The Labute approximate surface area is 110 Å². The van der Waals surface area contributed by atoms with Gasteiger partial charge in [-0.25, -0.2) is 9.59 Å². The van der Waals surface area contributed by atoms with Gasteiger partial charge in [-0.15, -0.1) is 11.3 Å².